The van der Waals surface area contributed by atoms with Crippen LogP contribution in [0.15, 0.2) is 29.2 Å². The SMILES string of the molecule is CCCN(CCC)S(=O)(=O)c1ccc(NC(=S)NC(C)=O)cc1. The Morgan fingerprint density at radius 3 is 2.09 bits per heavy atom. The largest absolute Gasteiger partial charge is 0.332 e. The zero-order chi connectivity index (χ0) is 17.5. The first-order valence-electron chi connectivity index (χ1n) is 7.50. The van der Waals surface area contributed by atoms with E-state index in [1.807, 2.05) is 13.8 Å². The van der Waals surface area contributed by atoms with Gasteiger partial charge >= 0.3 is 0 Å². The Balaban J connectivity index is 2.89. The van der Waals surface area contributed by atoms with Gasteiger partial charge in [0.25, 0.3) is 0 Å². The van der Waals surface area contributed by atoms with Crippen LogP contribution in [0.5, 0.6) is 0 Å². The molecule has 0 saturated heterocycles. The maximum Gasteiger partial charge on any atom is 0.243 e. The van der Waals surface area contributed by atoms with Crippen molar-refractivity contribution < 1.29 is 13.2 Å². The summed E-state index contributed by atoms with van der Waals surface area (Å²) in [6.45, 7) is 6.27. The summed E-state index contributed by atoms with van der Waals surface area (Å²) in [5.74, 6) is -0.267. The molecule has 128 valence electrons. The monoisotopic (exact) mass is 357 g/mol. The molecule has 23 heavy (non-hydrogen) atoms. The third-order valence-electron chi connectivity index (χ3n) is 2.99. The van der Waals surface area contributed by atoms with E-state index in [1.165, 1.54) is 23.4 Å². The Morgan fingerprint density at radius 2 is 1.65 bits per heavy atom. The molecule has 0 aliphatic carbocycles. The zero-order valence-corrected chi connectivity index (χ0v) is 15.3. The molecule has 0 radical (unpaired) electrons. The van der Waals surface area contributed by atoms with Crippen molar-refractivity contribution in [3.05, 3.63) is 24.3 Å². The molecule has 8 heteroatoms. The van der Waals surface area contributed by atoms with Crippen LogP contribution in [-0.2, 0) is 14.8 Å². The number of nitrogens with zero attached hydrogens (tertiary/aromatic N) is 1. The number of nitrogens with one attached hydrogen (secondary N) is 2. The molecule has 0 bridgehead atoms. The first kappa shape index (κ1) is 19.5. The highest BCUT2D eigenvalue weighted by Crippen LogP contribution is 2.19. The van der Waals surface area contributed by atoms with E-state index in [4.69, 9.17) is 12.2 Å². The fraction of sp³-hybridized carbons (Fsp3) is 0.467. The highest BCUT2D eigenvalue weighted by atomic mass is 32.2. The lowest BCUT2D eigenvalue weighted by Crippen LogP contribution is -2.33. The number of carbonyl (C=O) groups excluding carboxylic acids is 1. The van der Waals surface area contributed by atoms with Gasteiger partial charge in [-0.15, -0.1) is 0 Å². The van der Waals surface area contributed by atoms with E-state index in [9.17, 15) is 13.2 Å². The molecule has 1 amide bonds. The summed E-state index contributed by atoms with van der Waals surface area (Å²) in [6.07, 6.45) is 1.54. The molecule has 1 aromatic rings. The zero-order valence-electron chi connectivity index (χ0n) is 13.6. The molecule has 6 nitrogen and oxygen atoms in total. The highest BCUT2D eigenvalue weighted by molar-refractivity contribution is 7.89. The maximum atomic E-state index is 12.6. The first-order valence-corrected chi connectivity index (χ1v) is 9.34. The summed E-state index contributed by atoms with van der Waals surface area (Å²) in [5, 5.41) is 5.44. The molecule has 0 spiro atoms. The number of benzene rings is 1. The topological polar surface area (TPSA) is 78.5 Å². The molecular weight excluding hydrogens is 334 g/mol. The van der Waals surface area contributed by atoms with Crippen LogP contribution in [-0.4, -0.2) is 36.8 Å². The van der Waals surface area contributed by atoms with Crippen LogP contribution in [0.3, 0.4) is 0 Å². The van der Waals surface area contributed by atoms with Gasteiger partial charge in [0.2, 0.25) is 15.9 Å². The Bertz CT molecular complexity index is 636. The average Bonchev–Trinajstić information content (AvgIpc) is 2.46. The van der Waals surface area contributed by atoms with Crippen LogP contribution >= 0.6 is 12.2 Å². The average molecular weight is 358 g/mol. The lowest BCUT2D eigenvalue weighted by Gasteiger charge is -2.21. The number of rotatable bonds is 7. The minimum absolute atomic E-state index is 0.173. The van der Waals surface area contributed by atoms with Gasteiger partial charge in [-0.25, -0.2) is 8.42 Å². The van der Waals surface area contributed by atoms with Gasteiger partial charge in [0.1, 0.15) is 0 Å². The van der Waals surface area contributed by atoms with E-state index in [0.717, 1.165) is 12.8 Å². The molecule has 0 fully saturated rings. The van der Waals surface area contributed by atoms with Crippen LogP contribution in [0, 0.1) is 0 Å². The van der Waals surface area contributed by atoms with Crippen LogP contribution in [0.25, 0.3) is 0 Å². The van der Waals surface area contributed by atoms with Crippen LogP contribution in [0.2, 0.25) is 0 Å². The van der Waals surface area contributed by atoms with Gasteiger partial charge in [-0.3, -0.25) is 4.79 Å². The third-order valence-corrected chi connectivity index (χ3v) is 5.10. The lowest BCUT2D eigenvalue weighted by molar-refractivity contribution is -0.117. The smallest absolute Gasteiger partial charge is 0.243 e. The van der Waals surface area contributed by atoms with Gasteiger partial charge in [0.15, 0.2) is 5.11 Å². The molecule has 0 unspecified atom stereocenters. The second-order valence-corrected chi connectivity index (χ2v) is 7.41. The van der Waals surface area contributed by atoms with E-state index in [2.05, 4.69) is 10.6 Å². The van der Waals surface area contributed by atoms with Crippen molar-refractivity contribution in [2.75, 3.05) is 18.4 Å². The fourth-order valence-corrected chi connectivity index (χ4v) is 3.92. The summed E-state index contributed by atoms with van der Waals surface area (Å²) in [6, 6.07) is 6.31. The molecule has 0 atom stereocenters. The number of anilines is 1. The van der Waals surface area contributed by atoms with Crippen molar-refractivity contribution in [3.63, 3.8) is 0 Å². The number of amides is 1. The second-order valence-electron chi connectivity index (χ2n) is 5.06. The molecule has 0 aliphatic rings. The van der Waals surface area contributed by atoms with Crippen LogP contribution in [0.4, 0.5) is 5.69 Å². The van der Waals surface area contributed by atoms with E-state index in [0.29, 0.717) is 18.8 Å². The van der Waals surface area contributed by atoms with E-state index < -0.39 is 10.0 Å². The first-order chi connectivity index (χ1) is 10.8. The van der Waals surface area contributed by atoms with Crippen molar-refractivity contribution in [2.24, 2.45) is 0 Å². The molecule has 0 aromatic heterocycles. The number of hydrogen-bond donors (Lipinski definition) is 2. The Labute approximate surface area is 143 Å². The summed E-state index contributed by atoms with van der Waals surface area (Å²) in [5.41, 5.74) is 0.611. The lowest BCUT2D eigenvalue weighted by atomic mass is 10.3. The minimum Gasteiger partial charge on any atom is -0.332 e. The Kier molecular flexibility index (Phi) is 7.60. The molecule has 0 saturated carbocycles. The summed E-state index contributed by atoms with van der Waals surface area (Å²) >= 11 is 4.96. The molecule has 0 heterocycles. The number of hydrogen-bond acceptors (Lipinski definition) is 4. The number of thiocarbonyl (C=S) groups is 1. The summed E-state index contributed by atoms with van der Waals surface area (Å²) < 4.78 is 26.7. The third kappa shape index (κ3) is 5.89. The Morgan fingerprint density at radius 1 is 1.13 bits per heavy atom. The standard InChI is InChI=1S/C15H23N3O3S2/c1-4-10-18(11-5-2)23(20,21)14-8-6-13(7-9-14)17-15(22)16-12(3)19/h6-9H,4-5,10-11H2,1-3H3,(H2,16,17,19,22). The fourth-order valence-electron chi connectivity index (χ4n) is 2.03. The number of carbonyl (C=O) groups is 1. The second kappa shape index (κ2) is 8.95. The molecule has 2 N–H and O–H groups in total. The molecule has 1 aromatic carbocycles. The van der Waals surface area contributed by atoms with Gasteiger partial charge < -0.3 is 10.6 Å². The van der Waals surface area contributed by atoms with Gasteiger partial charge in [-0.2, -0.15) is 4.31 Å². The highest BCUT2D eigenvalue weighted by Gasteiger charge is 2.22. The van der Waals surface area contributed by atoms with Crippen molar-refractivity contribution in [2.45, 2.75) is 38.5 Å². The molecule has 1 rings (SSSR count). The van der Waals surface area contributed by atoms with E-state index in [1.54, 1.807) is 12.1 Å². The van der Waals surface area contributed by atoms with E-state index in [-0.39, 0.29) is 15.9 Å². The molecule has 0 aliphatic heterocycles. The van der Waals surface area contributed by atoms with Gasteiger partial charge in [0, 0.05) is 25.7 Å². The van der Waals surface area contributed by atoms with Crippen LogP contribution < -0.4 is 10.6 Å². The predicted molar refractivity (Wildman–Crippen MR) is 95.8 cm³/mol. The normalized spacial score (nSPS) is 11.3. The van der Waals surface area contributed by atoms with Crippen molar-refractivity contribution in [3.8, 4) is 0 Å². The predicted octanol–water partition coefficient (Wildman–Crippen LogP) is 2.33. The minimum atomic E-state index is -3.49. The number of sulfonamides is 1. The van der Waals surface area contributed by atoms with Crippen molar-refractivity contribution >= 4 is 38.9 Å². The summed E-state index contributed by atoms with van der Waals surface area (Å²) in [4.78, 5) is 11.2. The summed E-state index contributed by atoms with van der Waals surface area (Å²) in [7, 11) is -3.49. The molecular formula is C15H23N3O3S2. The van der Waals surface area contributed by atoms with E-state index >= 15 is 0 Å². The van der Waals surface area contributed by atoms with Gasteiger partial charge in [-0.1, -0.05) is 13.8 Å². The van der Waals surface area contributed by atoms with Crippen molar-refractivity contribution in [1.29, 1.82) is 0 Å². The quantitative estimate of drug-likeness (QED) is 0.732. The van der Waals surface area contributed by atoms with Crippen LogP contribution in [0.1, 0.15) is 33.6 Å². The van der Waals surface area contributed by atoms with Gasteiger partial charge in [-0.05, 0) is 49.3 Å². The Hall–Kier alpha value is -1.51. The van der Waals surface area contributed by atoms with Crippen molar-refractivity contribution in [1.82, 2.24) is 9.62 Å². The maximum absolute atomic E-state index is 12.6. The van der Waals surface area contributed by atoms with Gasteiger partial charge in [0.05, 0.1) is 4.90 Å².